The third kappa shape index (κ3) is 5.45. The molecule has 1 saturated carbocycles. The molecule has 150 valence electrons. The lowest BCUT2D eigenvalue weighted by molar-refractivity contribution is -0.128. The fourth-order valence-electron chi connectivity index (χ4n) is 4.57. The summed E-state index contributed by atoms with van der Waals surface area (Å²) < 4.78 is 0. The van der Waals surface area contributed by atoms with Crippen LogP contribution in [0.4, 0.5) is 0 Å². The number of amides is 1. The van der Waals surface area contributed by atoms with Crippen molar-refractivity contribution in [1.82, 2.24) is 4.90 Å². The zero-order chi connectivity index (χ0) is 19.9. The highest BCUT2D eigenvalue weighted by Crippen LogP contribution is 2.48. The summed E-state index contributed by atoms with van der Waals surface area (Å²) in [4.78, 5) is 13.3. The summed E-state index contributed by atoms with van der Waals surface area (Å²) in [6.45, 7) is 0. The highest BCUT2D eigenvalue weighted by Gasteiger charge is 2.42. The van der Waals surface area contributed by atoms with Gasteiger partial charge >= 0.3 is 0 Å². The lowest BCUT2D eigenvalue weighted by atomic mass is 9.89. The van der Waals surface area contributed by atoms with Gasteiger partial charge in [-0.1, -0.05) is 66.3 Å². The molecule has 0 bridgehead atoms. The maximum atomic E-state index is 11.7. The molecule has 0 saturated heterocycles. The summed E-state index contributed by atoms with van der Waals surface area (Å²) >= 11 is 0. The number of aliphatic hydroxyl groups is 1. The van der Waals surface area contributed by atoms with Crippen LogP contribution in [0.3, 0.4) is 0 Å². The smallest absolute Gasteiger partial charge is 0.222 e. The normalized spacial score (nSPS) is 26.8. The topological polar surface area (TPSA) is 40.5 Å². The average Bonchev–Trinajstić information content (AvgIpc) is 3.20. The molecule has 2 aliphatic carbocycles. The van der Waals surface area contributed by atoms with Crippen LogP contribution in [0.25, 0.3) is 6.08 Å². The lowest BCUT2D eigenvalue weighted by Gasteiger charge is -2.18. The van der Waals surface area contributed by atoms with E-state index in [9.17, 15) is 9.90 Å². The van der Waals surface area contributed by atoms with Gasteiger partial charge in [0.15, 0.2) is 0 Å². The highest BCUT2D eigenvalue weighted by molar-refractivity contribution is 5.75. The second-order valence-corrected chi connectivity index (χ2v) is 8.39. The average molecular weight is 380 g/mol. The molecule has 0 aliphatic heterocycles. The van der Waals surface area contributed by atoms with E-state index in [0.29, 0.717) is 18.3 Å². The Bertz CT molecular complexity index is 732. The van der Waals surface area contributed by atoms with Crippen molar-refractivity contribution in [2.45, 2.75) is 44.6 Å². The number of fused-ring (bicyclic) bond motifs is 1. The van der Waals surface area contributed by atoms with Crippen molar-refractivity contribution in [3.63, 3.8) is 0 Å². The minimum atomic E-state index is -0.230. The Labute approximate surface area is 169 Å². The molecule has 1 aromatic rings. The van der Waals surface area contributed by atoms with E-state index in [1.54, 1.807) is 4.90 Å². The summed E-state index contributed by atoms with van der Waals surface area (Å²) in [6.07, 6.45) is 16.4. The molecule has 2 aliphatic rings. The van der Waals surface area contributed by atoms with Crippen LogP contribution < -0.4 is 0 Å². The first-order chi connectivity index (χ1) is 13.5. The molecule has 28 heavy (non-hydrogen) atoms. The zero-order valence-corrected chi connectivity index (χ0v) is 17.1. The highest BCUT2D eigenvalue weighted by atomic mass is 16.3. The van der Waals surface area contributed by atoms with Crippen LogP contribution in [0.5, 0.6) is 0 Å². The first-order valence-corrected chi connectivity index (χ1v) is 10.5. The minimum absolute atomic E-state index is 0.217. The van der Waals surface area contributed by atoms with Gasteiger partial charge in [-0.3, -0.25) is 4.79 Å². The molecule has 3 rings (SSSR count). The van der Waals surface area contributed by atoms with Crippen molar-refractivity contribution in [3.8, 4) is 0 Å². The summed E-state index contributed by atoms with van der Waals surface area (Å²) in [7, 11) is 3.63. The van der Waals surface area contributed by atoms with E-state index in [4.69, 9.17) is 0 Å². The molecule has 1 aromatic carbocycles. The Morgan fingerprint density at radius 3 is 2.71 bits per heavy atom. The molecule has 3 nitrogen and oxygen atoms in total. The fraction of sp³-hybridized carbons (Fsp3) is 0.480. The molecular formula is C25H33NO2. The van der Waals surface area contributed by atoms with Gasteiger partial charge in [0.2, 0.25) is 5.91 Å². The molecule has 1 N–H and O–H groups in total. The zero-order valence-electron chi connectivity index (χ0n) is 17.1. The van der Waals surface area contributed by atoms with Gasteiger partial charge in [0.1, 0.15) is 0 Å². The van der Waals surface area contributed by atoms with E-state index >= 15 is 0 Å². The Morgan fingerprint density at radius 1 is 1.18 bits per heavy atom. The molecule has 1 fully saturated rings. The first-order valence-electron chi connectivity index (χ1n) is 10.5. The maximum absolute atomic E-state index is 11.7. The second kappa shape index (κ2) is 9.88. The van der Waals surface area contributed by atoms with Gasteiger partial charge in [0.05, 0.1) is 6.10 Å². The third-order valence-corrected chi connectivity index (χ3v) is 6.12. The number of hydrogen-bond donors (Lipinski definition) is 1. The molecule has 0 unspecified atom stereocenters. The van der Waals surface area contributed by atoms with Crippen molar-refractivity contribution in [2.24, 2.45) is 17.8 Å². The number of carbonyl (C=O) groups is 1. The van der Waals surface area contributed by atoms with Crippen LogP contribution in [0, 0.1) is 17.8 Å². The standard InChI is InChI=1S/C25H33NO2/c1-26(2)25(28)15-9-7-13-20-16-21-18-24(27)22(23(21)17-20)14-8-6-12-19-10-4-3-5-11-19/h3-6,8,10-12,14,16,21-24,27H,7,9,13,15,17-18H2,1-2H3/t21-,22+,23-,24+/m0/s1. The van der Waals surface area contributed by atoms with E-state index in [0.717, 1.165) is 32.1 Å². The van der Waals surface area contributed by atoms with E-state index < -0.39 is 0 Å². The minimum Gasteiger partial charge on any atom is -0.392 e. The number of nitrogens with zero attached hydrogens (tertiary/aromatic N) is 1. The van der Waals surface area contributed by atoms with Crippen molar-refractivity contribution in [1.29, 1.82) is 0 Å². The van der Waals surface area contributed by atoms with E-state index in [-0.39, 0.29) is 17.9 Å². The van der Waals surface area contributed by atoms with E-state index in [2.05, 4.69) is 42.5 Å². The number of allylic oxidation sites excluding steroid dienone is 4. The number of benzene rings is 1. The predicted octanol–water partition coefficient (Wildman–Crippen LogP) is 4.85. The van der Waals surface area contributed by atoms with Gasteiger partial charge in [-0.05, 0) is 49.5 Å². The van der Waals surface area contributed by atoms with Gasteiger partial charge < -0.3 is 10.0 Å². The maximum Gasteiger partial charge on any atom is 0.222 e. The largest absolute Gasteiger partial charge is 0.392 e. The van der Waals surface area contributed by atoms with Crippen molar-refractivity contribution in [2.75, 3.05) is 14.1 Å². The van der Waals surface area contributed by atoms with Crippen molar-refractivity contribution >= 4 is 12.0 Å². The molecule has 4 atom stereocenters. The molecule has 0 aromatic heterocycles. The van der Waals surface area contributed by atoms with Crippen LogP contribution in [0.1, 0.15) is 44.1 Å². The fourth-order valence-corrected chi connectivity index (χ4v) is 4.57. The summed E-state index contributed by atoms with van der Waals surface area (Å²) in [5.41, 5.74) is 2.71. The number of carbonyl (C=O) groups excluding carboxylic acids is 1. The number of hydrogen-bond acceptors (Lipinski definition) is 2. The molecule has 1 amide bonds. The molecule has 0 heterocycles. The van der Waals surface area contributed by atoms with E-state index in [1.807, 2.05) is 32.3 Å². The van der Waals surface area contributed by atoms with Gasteiger partial charge in [0, 0.05) is 26.4 Å². The Morgan fingerprint density at radius 2 is 1.96 bits per heavy atom. The van der Waals surface area contributed by atoms with Crippen LogP contribution >= 0.6 is 0 Å². The summed E-state index contributed by atoms with van der Waals surface area (Å²) in [6, 6.07) is 10.3. The summed E-state index contributed by atoms with van der Waals surface area (Å²) in [5.74, 6) is 1.51. The monoisotopic (exact) mass is 379 g/mol. The number of rotatable bonds is 8. The Balaban J connectivity index is 1.46. The molecule has 0 radical (unpaired) electrons. The van der Waals surface area contributed by atoms with Crippen molar-refractivity contribution < 1.29 is 9.90 Å². The Hall–Kier alpha value is -2.13. The molecule has 0 spiro atoms. The van der Waals surface area contributed by atoms with Gasteiger partial charge in [-0.2, -0.15) is 0 Å². The quantitative estimate of drug-likeness (QED) is 0.398. The predicted molar refractivity (Wildman–Crippen MR) is 116 cm³/mol. The van der Waals surface area contributed by atoms with Crippen LogP contribution in [-0.2, 0) is 4.79 Å². The Kier molecular flexibility index (Phi) is 7.27. The second-order valence-electron chi connectivity index (χ2n) is 8.39. The van der Waals surface area contributed by atoms with Crippen LogP contribution in [0.2, 0.25) is 0 Å². The van der Waals surface area contributed by atoms with Crippen LogP contribution in [0.15, 0.2) is 60.2 Å². The SMILES string of the molecule is CN(C)C(=O)CCCCC1=C[C@H]2C[C@@H](O)[C@H](C=CC=Cc3ccccc3)[C@H]2C1. The van der Waals surface area contributed by atoms with Gasteiger partial charge in [-0.25, -0.2) is 0 Å². The van der Waals surface area contributed by atoms with Gasteiger partial charge in [0.25, 0.3) is 0 Å². The van der Waals surface area contributed by atoms with Crippen molar-refractivity contribution in [3.05, 3.63) is 65.8 Å². The molecule has 3 heteroatoms. The third-order valence-electron chi connectivity index (χ3n) is 6.12. The number of unbranched alkanes of at least 4 members (excludes halogenated alkanes) is 1. The van der Waals surface area contributed by atoms with Crippen LogP contribution in [-0.4, -0.2) is 36.1 Å². The number of aliphatic hydroxyl groups excluding tert-OH is 1. The molecular weight excluding hydrogens is 346 g/mol. The first kappa shape index (κ1) is 20.6. The lowest BCUT2D eigenvalue weighted by Crippen LogP contribution is -2.21. The van der Waals surface area contributed by atoms with Gasteiger partial charge in [-0.15, -0.1) is 0 Å². The van der Waals surface area contributed by atoms with E-state index in [1.165, 1.54) is 11.1 Å². The summed E-state index contributed by atoms with van der Waals surface area (Å²) in [5, 5.41) is 10.5.